The summed E-state index contributed by atoms with van der Waals surface area (Å²) < 4.78 is 1.64. The fourth-order valence-corrected chi connectivity index (χ4v) is 3.01. The van der Waals surface area contributed by atoms with Crippen LogP contribution < -0.4 is 0 Å². The molecule has 2 heterocycles. The third-order valence-electron chi connectivity index (χ3n) is 4.13. The molecule has 1 aliphatic rings. The maximum absolute atomic E-state index is 12.8. The van der Waals surface area contributed by atoms with E-state index in [-0.39, 0.29) is 18.6 Å². The second-order valence-corrected chi connectivity index (χ2v) is 5.56. The highest BCUT2D eigenvalue weighted by Gasteiger charge is 2.27. The Morgan fingerprint density at radius 2 is 2.27 bits per heavy atom. The van der Waals surface area contributed by atoms with Gasteiger partial charge in [0, 0.05) is 24.8 Å². The van der Waals surface area contributed by atoms with E-state index < -0.39 is 0 Å². The lowest BCUT2D eigenvalue weighted by Crippen LogP contribution is -2.44. The quantitative estimate of drug-likeness (QED) is 0.932. The number of carbonyl (C=O) groups excluding carboxylic acids is 1. The SMILES string of the molecule is O=C(c1cccc(-n2ccnn2)c1)N1CCCCC1CCO. The van der Waals surface area contributed by atoms with Gasteiger partial charge in [-0.05, 0) is 43.9 Å². The number of hydrogen-bond acceptors (Lipinski definition) is 4. The van der Waals surface area contributed by atoms with Gasteiger partial charge in [0.05, 0.1) is 18.1 Å². The van der Waals surface area contributed by atoms with Crippen molar-refractivity contribution in [2.75, 3.05) is 13.2 Å². The molecule has 0 radical (unpaired) electrons. The largest absolute Gasteiger partial charge is 0.396 e. The number of benzene rings is 1. The standard InChI is InChI=1S/C16H20N4O2/c21-11-7-14-5-1-2-9-19(14)16(22)13-4-3-6-15(12-13)20-10-8-17-18-20/h3-4,6,8,10,12,14,21H,1-2,5,7,9,11H2. The first-order chi connectivity index (χ1) is 10.8. The van der Waals surface area contributed by atoms with Crippen LogP contribution >= 0.6 is 0 Å². The Hall–Kier alpha value is -2.21. The summed E-state index contributed by atoms with van der Waals surface area (Å²) in [5.41, 5.74) is 1.47. The molecule has 6 heteroatoms. The minimum Gasteiger partial charge on any atom is -0.396 e. The van der Waals surface area contributed by atoms with E-state index in [1.165, 1.54) is 0 Å². The van der Waals surface area contributed by atoms with Gasteiger partial charge in [-0.3, -0.25) is 4.79 Å². The summed E-state index contributed by atoms with van der Waals surface area (Å²) in [6.45, 7) is 0.879. The van der Waals surface area contributed by atoms with Crippen molar-refractivity contribution in [2.24, 2.45) is 0 Å². The summed E-state index contributed by atoms with van der Waals surface area (Å²) in [5.74, 6) is 0.0279. The number of aromatic nitrogens is 3. The Morgan fingerprint density at radius 3 is 3.05 bits per heavy atom. The van der Waals surface area contributed by atoms with Crippen LogP contribution in [0.15, 0.2) is 36.7 Å². The predicted molar refractivity (Wildman–Crippen MR) is 81.7 cm³/mol. The Bertz CT molecular complexity index is 625. The van der Waals surface area contributed by atoms with Crippen LogP contribution in [0.1, 0.15) is 36.0 Å². The lowest BCUT2D eigenvalue weighted by molar-refractivity contribution is 0.0574. The molecule has 6 nitrogen and oxygen atoms in total. The van der Waals surface area contributed by atoms with E-state index in [1.54, 1.807) is 17.1 Å². The molecule has 1 atom stereocenters. The van der Waals surface area contributed by atoms with Crippen LogP contribution in [0.5, 0.6) is 0 Å². The number of nitrogens with zero attached hydrogens (tertiary/aromatic N) is 4. The van der Waals surface area contributed by atoms with Crippen LogP contribution in [0.3, 0.4) is 0 Å². The molecule has 1 aromatic carbocycles. The summed E-state index contributed by atoms with van der Waals surface area (Å²) in [5, 5.41) is 16.9. The van der Waals surface area contributed by atoms with Crippen LogP contribution in [0, 0.1) is 0 Å². The number of aliphatic hydroxyl groups excluding tert-OH is 1. The molecule has 1 amide bonds. The van der Waals surface area contributed by atoms with E-state index in [9.17, 15) is 9.90 Å². The van der Waals surface area contributed by atoms with Gasteiger partial charge in [-0.1, -0.05) is 11.3 Å². The third-order valence-corrected chi connectivity index (χ3v) is 4.13. The van der Waals surface area contributed by atoms with Crippen LogP contribution in [0.4, 0.5) is 0 Å². The van der Waals surface area contributed by atoms with Crippen LogP contribution in [-0.4, -0.2) is 50.1 Å². The summed E-state index contributed by atoms with van der Waals surface area (Å²) >= 11 is 0. The maximum Gasteiger partial charge on any atom is 0.254 e. The summed E-state index contributed by atoms with van der Waals surface area (Å²) in [6.07, 6.45) is 7.11. The van der Waals surface area contributed by atoms with Crippen molar-refractivity contribution >= 4 is 5.91 Å². The van der Waals surface area contributed by atoms with Gasteiger partial charge in [-0.15, -0.1) is 5.10 Å². The average molecular weight is 300 g/mol. The number of aliphatic hydroxyl groups is 1. The van der Waals surface area contributed by atoms with Gasteiger partial charge >= 0.3 is 0 Å². The first-order valence-corrected chi connectivity index (χ1v) is 7.68. The van der Waals surface area contributed by atoms with Crippen molar-refractivity contribution in [2.45, 2.75) is 31.7 Å². The molecule has 1 aliphatic heterocycles. The number of rotatable bonds is 4. The molecule has 1 N–H and O–H groups in total. The zero-order chi connectivity index (χ0) is 15.4. The Kier molecular flexibility index (Phi) is 4.48. The van der Waals surface area contributed by atoms with Crippen molar-refractivity contribution in [3.05, 3.63) is 42.2 Å². The van der Waals surface area contributed by atoms with Gasteiger partial charge in [-0.25, -0.2) is 4.68 Å². The van der Waals surface area contributed by atoms with Crippen LogP contribution in [0.25, 0.3) is 5.69 Å². The highest BCUT2D eigenvalue weighted by molar-refractivity contribution is 5.95. The molecule has 1 fully saturated rings. The van der Waals surface area contributed by atoms with Crippen LogP contribution in [0.2, 0.25) is 0 Å². The molecule has 116 valence electrons. The van der Waals surface area contributed by atoms with Gasteiger partial charge in [0.25, 0.3) is 5.91 Å². The molecule has 0 spiro atoms. The third kappa shape index (κ3) is 3.01. The molecule has 0 bridgehead atoms. The van der Waals surface area contributed by atoms with Crippen molar-refractivity contribution in [1.82, 2.24) is 19.9 Å². The predicted octanol–water partition coefficient (Wildman–Crippen LogP) is 1.64. The number of likely N-dealkylation sites (tertiary alicyclic amines) is 1. The van der Waals surface area contributed by atoms with Crippen molar-refractivity contribution in [1.29, 1.82) is 0 Å². The molecule has 1 unspecified atom stereocenters. The smallest absolute Gasteiger partial charge is 0.254 e. The Balaban J connectivity index is 1.83. The molecule has 1 saturated heterocycles. The van der Waals surface area contributed by atoms with Gasteiger partial charge in [0.1, 0.15) is 0 Å². The minimum absolute atomic E-state index is 0.0279. The van der Waals surface area contributed by atoms with Crippen molar-refractivity contribution < 1.29 is 9.90 Å². The molecule has 0 saturated carbocycles. The van der Waals surface area contributed by atoms with Crippen LogP contribution in [-0.2, 0) is 0 Å². The molecule has 1 aromatic heterocycles. The summed E-state index contributed by atoms with van der Waals surface area (Å²) in [7, 11) is 0. The van der Waals surface area contributed by atoms with Gasteiger partial charge in [-0.2, -0.15) is 0 Å². The second kappa shape index (κ2) is 6.70. The fraction of sp³-hybridized carbons (Fsp3) is 0.438. The minimum atomic E-state index is 0.0279. The lowest BCUT2D eigenvalue weighted by Gasteiger charge is -2.35. The van der Waals surface area contributed by atoms with Gasteiger partial charge in [0.15, 0.2) is 0 Å². The highest BCUT2D eigenvalue weighted by Crippen LogP contribution is 2.22. The lowest BCUT2D eigenvalue weighted by atomic mass is 9.98. The van der Waals surface area contributed by atoms with E-state index >= 15 is 0 Å². The number of amides is 1. The van der Waals surface area contributed by atoms with Gasteiger partial charge in [0.2, 0.25) is 0 Å². The maximum atomic E-state index is 12.8. The van der Waals surface area contributed by atoms with E-state index in [2.05, 4.69) is 10.3 Å². The molecular weight excluding hydrogens is 280 g/mol. The molecule has 0 aliphatic carbocycles. The number of carbonyl (C=O) groups is 1. The topological polar surface area (TPSA) is 71.2 Å². The number of hydrogen-bond donors (Lipinski definition) is 1. The summed E-state index contributed by atoms with van der Waals surface area (Å²) in [4.78, 5) is 14.7. The first kappa shape index (κ1) is 14.7. The van der Waals surface area contributed by atoms with E-state index in [0.29, 0.717) is 12.0 Å². The van der Waals surface area contributed by atoms with Gasteiger partial charge < -0.3 is 10.0 Å². The fourth-order valence-electron chi connectivity index (χ4n) is 3.01. The normalized spacial score (nSPS) is 18.4. The Labute approximate surface area is 129 Å². The zero-order valence-electron chi connectivity index (χ0n) is 12.4. The van der Waals surface area contributed by atoms with Crippen molar-refractivity contribution in [3.63, 3.8) is 0 Å². The average Bonchev–Trinajstić information content (AvgIpc) is 3.10. The monoisotopic (exact) mass is 300 g/mol. The van der Waals surface area contributed by atoms with E-state index in [4.69, 9.17) is 0 Å². The number of piperidine rings is 1. The molecule has 3 rings (SSSR count). The van der Waals surface area contributed by atoms with Crippen molar-refractivity contribution in [3.8, 4) is 5.69 Å². The van der Waals surface area contributed by atoms with E-state index in [0.717, 1.165) is 31.5 Å². The summed E-state index contributed by atoms with van der Waals surface area (Å²) in [6, 6.07) is 7.55. The molecule has 2 aromatic rings. The first-order valence-electron chi connectivity index (χ1n) is 7.68. The Morgan fingerprint density at radius 1 is 1.36 bits per heavy atom. The highest BCUT2D eigenvalue weighted by atomic mass is 16.3. The second-order valence-electron chi connectivity index (χ2n) is 5.56. The molecule has 22 heavy (non-hydrogen) atoms. The van der Waals surface area contributed by atoms with E-state index in [1.807, 2.05) is 29.2 Å². The molecular formula is C16H20N4O2. The zero-order valence-corrected chi connectivity index (χ0v) is 12.4.